The summed E-state index contributed by atoms with van der Waals surface area (Å²) in [6.45, 7) is 0.561. The standard InChI is InChI=1S/C18H24N4O/c1-21(18(23)20-16-8-4-2-5-9-16)13-15-12-19-22(14-15)17-10-6-3-7-11-17/h3,6-7,10-12,14,16H,2,4-5,8-9,13H2,1H3,(H,20,23). The van der Waals surface area contributed by atoms with Crippen molar-refractivity contribution in [2.24, 2.45) is 0 Å². The number of urea groups is 1. The minimum Gasteiger partial charge on any atom is -0.335 e. The second-order valence-corrected chi connectivity index (χ2v) is 6.27. The number of hydrogen-bond acceptors (Lipinski definition) is 2. The first-order valence-corrected chi connectivity index (χ1v) is 8.33. The van der Waals surface area contributed by atoms with E-state index in [4.69, 9.17) is 0 Å². The maximum Gasteiger partial charge on any atom is 0.317 e. The number of rotatable bonds is 4. The van der Waals surface area contributed by atoms with E-state index in [0.29, 0.717) is 12.6 Å². The van der Waals surface area contributed by atoms with Gasteiger partial charge in [0.2, 0.25) is 0 Å². The zero-order valence-corrected chi connectivity index (χ0v) is 13.6. The minimum atomic E-state index is 0.00404. The largest absolute Gasteiger partial charge is 0.335 e. The van der Waals surface area contributed by atoms with Gasteiger partial charge in [0.05, 0.1) is 18.4 Å². The summed E-state index contributed by atoms with van der Waals surface area (Å²) in [4.78, 5) is 14.0. The molecule has 3 rings (SSSR count). The number of nitrogens with zero attached hydrogens (tertiary/aromatic N) is 3. The highest BCUT2D eigenvalue weighted by molar-refractivity contribution is 5.74. The maximum absolute atomic E-state index is 12.3. The highest BCUT2D eigenvalue weighted by Gasteiger charge is 2.18. The van der Waals surface area contributed by atoms with Gasteiger partial charge in [-0.15, -0.1) is 0 Å². The average molecular weight is 312 g/mol. The number of nitrogens with one attached hydrogen (secondary N) is 1. The molecule has 0 aliphatic heterocycles. The number of carbonyl (C=O) groups excluding carboxylic acids is 1. The molecule has 1 aromatic carbocycles. The molecular weight excluding hydrogens is 288 g/mol. The molecule has 1 N–H and O–H groups in total. The summed E-state index contributed by atoms with van der Waals surface area (Å²) in [6, 6.07) is 10.3. The van der Waals surface area contributed by atoms with Crippen molar-refractivity contribution in [1.29, 1.82) is 0 Å². The highest BCUT2D eigenvalue weighted by Crippen LogP contribution is 2.17. The lowest BCUT2D eigenvalue weighted by Crippen LogP contribution is -2.43. The molecule has 1 fully saturated rings. The summed E-state index contributed by atoms with van der Waals surface area (Å²) in [5.74, 6) is 0. The van der Waals surface area contributed by atoms with Gasteiger partial charge in [-0.25, -0.2) is 9.48 Å². The Morgan fingerprint density at radius 2 is 2.00 bits per heavy atom. The maximum atomic E-state index is 12.3. The Bertz CT molecular complexity index is 631. The summed E-state index contributed by atoms with van der Waals surface area (Å²) >= 11 is 0. The second-order valence-electron chi connectivity index (χ2n) is 6.27. The van der Waals surface area contributed by atoms with Crippen molar-refractivity contribution in [2.75, 3.05) is 7.05 Å². The van der Waals surface area contributed by atoms with Gasteiger partial charge in [-0.1, -0.05) is 37.5 Å². The van der Waals surface area contributed by atoms with Crippen LogP contribution in [-0.2, 0) is 6.54 Å². The van der Waals surface area contributed by atoms with Crippen LogP contribution in [0.4, 0.5) is 4.79 Å². The fraction of sp³-hybridized carbons (Fsp3) is 0.444. The number of para-hydroxylation sites is 1. The molecule has 2 amide bonds. The SMILES string of the molecule is CN(Cc1cnn(-c2ccccc2)c1)C(=O)NC1CCCCC1. The van der Waals surface area contributed by atoms with Crippen LogP contribution in [0.3, 0.4) is 0 Å². The normalized spacial score (nSPS) is 15.3. The van der Waals surface area contributed by atoms with E-state index in [2.05, 4.69) is 10.4 Å². The van der Waals surface area contributed by atoms with Gasteiger partial charge in [-0.05, 0) is 25.0 Å². The van der Waals surface area contributed by atoms with Gasteiger partial charge >= 0.3 is 6.03 Å². The van der Waals surface area contributed by atoms with Crippen LogP contribution in [0, 0.1) is 0 Å². The van der Waals surface area contributed by atoms with Crippen LogP contribution in [-0.4, -0.2) is 33.8 Å². The molecule has 1 heterocycles. The molecule has 0 unspecified atom stereocenters. The van der Waals surface area contributed by atoms with E-state index in [1.807, 2.05) is 54.5 Å². The molecule has 122 valence electrons. The molecule has 0 saturated heterocycles. The third kappa shape index (κ3) is 4.12. The van der Waals surface area contributed by atoms with Crippen LogP contribution in [0.2, 0.25) is 0 Å². The Balaban J connectivity index is 1.56. The van der Waals surface area contributed by atoms with E-state index in [1.165, 1.54) is 19.3 Å². The predicted molar refractivity (Wildman–Crippen MR) is 90.4 cm³/mol. The van der Waals surface area contributed by atoms with Gasteiger partial charge in [0.1, 0.15) is 0 Å². The van der Waals surface area contributed by atoms with Crippen molar-refractivity contribution in [3.63, 3.8) is 0 Å². The third-order valence-electron chi connectivity index (χ3n) is 4.36. The quantitative estimate of drug-likeness (QED) is 0.941. The fourth-order valence-electron chi connectivity index (χ4n) is 3.04. The number of hydrogen-bond donors (Lipinski definition) is 1. The zero-order chi connectivity index (χ0) is 16.1. The van der Waals surface area contributed by atoms with Gasteiger partial charge in [-0.2, -0.15) is 5.10 Å². The van der Waals surface area contributed by atoms with Crippen LogP contribution in [0.5, 0.6) is 0 Å². The molecule has 1 aromatic heterocycles. The Kier molecular flexibility index (Phi) is 4.95. The smallest absolute Gasteiger partial charge is 0.317 e. The van der Waals surface area contributed by atoms with E-state index in [0.717, 1.165) is 24.1 Å². The summed E-state index contributed by atoms with van der Waals surface area (Å²) < 4.78 is 1.84. The number of amides is 2. The van der Waals surface area contributed by atoms with Crippen molar-refractivity contribution in [3.8, 4) is 5.69 Å². The van der Waals surface area contributed by atoms with E-state index >= 15 is 0 Å². The molecule has 1 saturated carbocycles. The number of benzene rings is 1. The van der Waals surface area contributed by atoms with Crippen LogP contribution in [0.1, 0.15) is 37.7 Å². The molecule has 0 radical (unpaired) electrons. The van der Waals surface area contributed by atoms with Crippen LogP contribution >= 0.6 is 0 Å². The average Bonchev–Trinajstić information content (AvgIpc) is 3.05. The lowest BCUT2D eigenvalue weighted by Gasteiger charge is -2.26. The van der Waals surface area contributed by atoms with Crippen molar-refractivity contribution >= 4 is 6.03 Å². The molecule has 0 bridgehead atoms. The monoisotopic (exact) mass is 312 g/mol. The Labute approximate surface area is 137 Å². The lowest BCUT2D eigenvalue weighted by atomic mass is 9.96. The number of carbonyl (C=O) groups is 1. The van der Waals surface area contributed by atoms with Gasteiger partial charge in [0.25, 0.3) is 0 Å². The first-order chi connectivity index (χ1) is 11.2. The van der Waals surface area contributed by atoms with Crippen molar-refractivity contribution in [1.82, 2.24) is 20.0 Å². The first kappa shape index (κ1) is 15.6. The van der Waals surface area contributed by atoms with Crippen LogP contribution in [0.25, 0.3) is 5.69 Å². The Morgan fingerprint density at radius 3 is 2.74 bits per heavy atom. The molecular formula is C18H24N4O. The molecule has 0 atom stereocenters. The molecule has 1 aliphatic carbocycles. The van der Waals surface area contributed by atoms with E-state index in [1.54, 1.807) is 4.90 Å². The van der Waals surface area contributed by atoms with Gasteiger partial charge in [0, 0.05) is 24.8 Å². The van der Waals surface area contributed by atoms with Gasteiger partial charge in [0.15, 0.2) is 0 Å². The Hall–Kier alpha value is -2.30. The zero-order valence-electron chi connectivity index (χ0n) is 13.6. The fourth-order valence-corrected chi connectivity index (χ4v) is 3.04. The topological polar surface area (TPSA) is 50.2 Å². The third-order valence-corrected chi connectivity index (χ3v) is 4.36. The van der Waals surface area contributed by atoms with Gasteiger partial charge in [-0.3, -0.25) is 0 Å². The molecule has 0 spiro atoms. The predicted octanol–water partition coefficient (Wildman–Crippen LogP) is 3.35. The Morgan fingerprint density at radius 1 is 1.26 bits per heavy atom. The van der Waals surface area contributed by atoms with Crippen LogP contribution < -0.4 is 5.32 Å². The molecule has 5 heteroatoms. The highest BCUT2D eigenvalue weighted by atomic mass is 16.2. The van der Waals surface area contributed by atoms with Crippen LogP contribution in [0.15, 0.2) is 42.7 Å². The van der Waals surface area contributed by atoms with Crippen molar-refractivity contribution < 1.29 is 4.79 Å². The summed E-state index contributed by atoms with van der Waals surface area (Å²) in [6.07, 6.45) is 9.73. The summed E-state index contributed by atoms with van der Waals surface area (Å²) in [7, 11) is 1.83. The van der Waals surface area contributed by atoms with Crippen molar-refractivity contribution in [3.05, 3.63) is 48.3 Å². The minimum absolute atomic E-state index is 0.00404. The molecule has 5 nitrogen and oxygen atoms in total. The lowest BCUT2D eigenvalue weighted by molar-refractivity contribution is 0.198. The molecule has 2 aromatic rings. The van der Waals surface area contributed by atoms with Crippen molar-refractivity contribution in [2.45, 2.75) is 44.7 Å². The summed E-state index contributed by atoms with van der Waals surface area (Å²) in [5, 5.41) is 7.51. The van der Waals surface area contributed by atoms with Gasteiger partial charge < -0.3 is 10.2 Å². The van der Waals surface area contributed by atoms with E-state index < -0.39 is 0 Å². The first-order valence-electron chi connectivity index (χ1n) is 8.33. The molecule has 23 heavy (non-hydrogen) atoms. The number of aromatic nitrogens is 2. The van der Waals surface area contributed by atoms with E-state index in [-0.39, 0.29) is 6.03 Å². The second kappa shape index (κ2) is 7.31. The summed E-state index contributed by atoms with van der Waals surface area (Å²) in [5.41, 5.74) is 2.04. The van der Waals surface area contributed by atoms with E-state index in [9.17, 15) is 4.79 Å². The molecule has 1 aliphatic rings.